The Morgan fingerprint density at radius 3 is 2.75 bits per heavy atom. The van der Waals surface area contributed by atoms with Crippen LogP contribution in [0.1, 0.15) is 18.7 Å². The molecule has 0 amide bonds. The van der Waals surface area contributed by atoms with Crippen LogP contribution < -0.4 is 20.1 Å². The third kappa shape index (κ3) is 5.45. The molecule has 0 spiro atoms. The lowest BCUT2D eigenvalue weighted by Gasteiger charge is -2.14. The predicted molar refractivity (Wildman–Crippen MR) is 102 cm³/mol. The van der Waals surface area contributed by atoms with Crippen LogP contribution in [-0.4, -0.2) is 32.8 Å². The highest BCUT2D eigenvalue weighted by Crippen LogP contribution is 2.30. The number of nitrogens with zero attached hydrogens (tertiary/aromatic N) is 1. The minimum atomic E-state index is 0.607. The molecule has 5 nitrogen and oxygen atoms in total. The average Bonchev–Trinajstić information content (AvgIpc) is 3.10. The third-order valence-electron chi connectivity index (χ3n) is 3.28. The standard InChI is InChI=1S/C18H25N3O2S/c1-4-19-18(20-11-10-15-7-6-12-24-15)21-14-8-9-16(23-5-2)17(13-14)22-3/h6-9,12-13H,4-5,10-11H2,1-3H3,(H2,19,20,21). The van der Waals surface area contributed by atoms with Gasteiger partial charge in [-0.1, -0.05) is 6.07 Å². The number of methoxy groups -OCH3 is 1. The summed E-state index contributed by atoms with van der Waals surface area (Å²) in [5.41, 5.74) is 0.908. The number of benzene rings is 1. The molecule has 2 aromatic rings. The molecule has 130 valence electrons. The molecule has 1 heterocycles. The van der Waals surface area contributed by atoms with Gasteiger partial charge in [0.15, 0.2) is 17.5 Å². The monoisotopic (exact) mass is 347 g/mol. The summed E-state index contributed by atoms with van der Waals surface area (Å²) >= 11 is 1.76. The zero-order chi connectivity index (χ0) is 17.2. The Bertz CT molecular complexity index is 642. The molecule has 1 aromatic heterocycles. The SMILES string of the molecule is CCNC(=NCCc1cccs1)Nc1ccc(OCC)c(OC)c1. The summed E-state index contributed by atoms with van der Waals surface area (Å²) in [5, 5.41) is 8.66. The van der Waals surface area contributed by atoms with Crippen molar-refractivity contribution in [1.82, 2.24) is 5.32 Å². The first kappa shape index (κ1) is 18.1. The van der Waals surface area contributed by atoms with Crippen LogP contribution in [0.25, 0.3) is 0 Å². The zero-order valence-corrected chi connectivity index (χ0v) is 15.3. The number of hydrogen-bond acceptors (Lipinski definition) is 4. The number of hydrogen-bond donors (Lipinski definition) is 2. The van der Waals surface area contributed by atoms with Crippen LogP contribution in [0.15, 0.2) is 40.7 Å². The number of thiophene rings is 1. The fourth-order valence-corrected chi connectivity index (χ4v) is 2.89. The maximum Gasteiger partial charge on any atom is 0.195 e. The van der Waals surface area contributed by atoms with E-state index in [0.29, 0.717) is 12.4 Å². The predicted octanol–water partition coefficient (Wildman–Crippen LogP) is 3.78. The summed E-state index contributed by atoms with van der Waals surface area (Å²) in [6.45, 7) is 6.16. The number of nitrogens with one attached hydrogen (secondary N) is 2. The van der Waals surface area contributed by atoms with Gasteiger partial charge in [0.05, 0.1) is 13.7 Å². The summed E-state index contributed by atoms with van der Waals surface area (Å²) in [6, 6.07) is 9.98. The molecule has 0 aliphatic rings. The molecule has 0 bridgehead atoms. The molecule has 0 saturated heterocycles. The van der Waals surface area contributed by atoms with Crippen LogP contribution in [0.3, 0.4) is 0 Å². The van der Waals surface area contributed by atoms with Crippen molar-refractivity contribution < 1.29 is 9.47 Å². The van der Waals surface area contributed by atoms with Crippen molar-refractivity contribution in [3.8, 4) is 11.5 Å². The van der Waals surface area contributed by atoms with Gasteiger partial charge < -0.3 is 20.1 Å². The van der Waals surface area contributed by atoms with E-state index < -0.39 is 0 Å². The smallest absolute Gasteiger partial charge is 0.195 e. The van der Waals surface area contributed by atoms with Crippen molar-refractivity contribution >= 4 is 23.0 Å². The fourth-order valence-electron chi connectivity index (χ4n) is 2.20. The number of guanidine groups is 1. The Kier molecular flexibility index (Phi) is 7.42. The van der Waals surface area contributed by atoms with Gasteiger partial charge in [0, 0.05) is 36.1 Å². The first-order valence-corrected chi connectivity index (χ1v) is 9.03. The maximum absolute atomic E-state index is 5.54. The van der Waals surface area contributed by atoms with E-state index in [1.54, 1.807) is 18.4 Å². The third-order valence-corrected chi connectivity index (χ3v) is 4.21. The van der Waals surface area contributed by atoms with Crippen molar-refractivity contribution in [3.05, 3.63) is 40.6 Å². The summed E-state index contributed by atoms with van der Waals surface area (Å²) in [4.78, 5) is 5.97. The Balaban J connectivity index is 2.03. The molecule has 1 aromatic carbocycles. The van der Waals surface area contributed by atoms with Gasteiger partial charge in [-0.15, -0.1) is 11.3 Å². The summed E-state index contributed by atoms with van der Waals surface area (Å²) in [7, 11) is 1.64. The number of aliphatic imine (C=N–C) groups is 1. The molecule has 6 heteroatoms. The quantitative estimate of drug-likeness (QED) is 0.564. The van der Waals surface area contributed by atoms with Gasteiger partial charge in [-0.05, 0) is 37.4 Å². The second-order valence-electron chi connectivity index (χ2n) is 5.01. The molecule has 0 saturated carbocycles. The van der Waals surface area contributed by atoms with E-state index in [4.69, 9.17) is 9.47 Å². The molecule has 0 aliphatic heterocycles. The average molecular weight is 347 g/mol. The summed E-state index contributed by atoms with van der Waals surface area (Å²) in [5.74, 6) is 2.21. The Morgan fingerprint density at radius 1 is 1.21 bits per heavy atom. The number of ether oxygens (including phenoxy) is 2. The maximum atomic E-state index is 5.54. The van der Waals surface area contributed by atoms with E-state index in [-0.39, 0.29) is 0 Å². The van der Waals surface area contributed by atoms with Crippen LogP contribution in [0.5, 0.6) is 11.5 Å². The van der Waals surface area contributed by atoms with Gasteiger partial charge >= 0.3 is 0 Å². The Hall–Kier alpha value is -2.21. The largest absolute Gasteiger partial charge is 0.493 e. The van der Waals surface area contributed by atoms with E-state index in [1.807, 2.05) is 25.1 Å². The Labute approximate surface area is 147 Å². The molecule has 24 heavy (non-hydrogen) atoms. The first-order chi connectivity index (χ1) is 11.8. The Morgan fingerprint density at radius 2 is 2.08 bits per heavy atom. The molecule has 0 aliphatic carbocycles. The van der Waals surface area contributed by atoms with Crippen molar-refractivity contribution in [2.75, 3.05) is 32.1 Å². The molecule has 2 rings (SSSR count). The van der Waals surface area contributed by atoms with Gasteiger partial charge in [0.2, 0.25) is 0 Å². The van der Waals surface area contributed by atoms with E-state index in [9.17, 15) is 0 Å². The molecule has 2 N–H and O–H groups in total. The zero-order valence-electron chi connectivity index (χ0n) is 14.5. The second kappa shape index (κ2) is 9.82. The second-order valence-corrected chi connectivity index (χ2v) is 6.05. The minimum absolute atomic E-state index is 0.607. The number of rotatable bonds is 8. The highest BCUT2D eigenvalue weighted by molar-refractivity contribution is 7.09. The molecule has 0 radical (unpaired) electrons. The lowest BCUT2D eigenvalue weighted by atomic mass is 10.2. The molecule has 0 fully saturated rings. The fraction of sp³-hybridized carbons (Fsp3) is 0.389. The summed E-state index contributed by atoms with van der Waals surface area (Å²) < 4.78 is 10.9. The topological polar surface area (TPSA) is 54.9 Å². The van der Waals surface area contributed by atoms with Crippen LogP contribution in [0.4, 0.5) is 5.69 Å². The normalized spacial score (nSPS) is 11.2. The van der Waals surface area contributed by atoms with Crippen molar-refractivity contribution in [1.29, 1.82) is 0 Å². The van der Waals surface area contributed by atoms with Crippen LogP contribution >= 0.6 is 11.3 Å². The van der Waals surface area contributed by atoms with Gasteiger partial charge in [0.1, 0.15) is 0 Å². The lowest BCUT2D eigenvalue weighted by molar-refractivity contribution is 0.311. The minimum Gasteiger partial charge on any atom is -0.493 e. The molecule has 0 atom stereocenters. The van der Waals surface area contributed by atoms with Gasteiger partial charge in [-0.3, -0.25) is 4.99 Å². The van der Waals surface area contributed by atoms with Gasteiger partial charge in [0.25, 0.3) is 0 Å². The van der Waals surface area contributed by atoms with Crippen molar-refractivity contribution in [3.63, 3.8) is 0 Å². The lowest BCUT2D eigenvalue weighted by Crippen LogP contribution is -2.30. The molecular formula is C18H25N3O2S. The van der Waals surface area contributed by atoms with E-state index in [1.165, 1.54) is 4.88 Å². The van der Waals surface area contributed by atoms with Crippen molar-refractivity contribution in [2.45, 2.75) is 20.3 Å². The van der Waals surface area contributed by atoms with E-state index in [0.717, 1.165) is 36.9 Å². The van der Waals surface area contributed by atoms with Crippen LogP contribution in [0.2, 0.25) is 0 Å². The summed E-state index contributed by atoms with van der Waals surface area (Å²) in [6.07, 6.45) is 0.945. The number of anilines is 1. The van der Waals surface area contributed by atoms with Gasteiger partial charge in [-0.25, -0.2) is 0 Å². The van der Waals surface area contributed by atoms with Crippen molar-refractivity contribution in [2.24, 2.45) is 4.99 Å². The highest BCUT2D eigenvalue weighted by atomic mass is 32.1. The molecular weight excluding hydrogens is 322 g/mol. The molecule has 0 unspecified atom stereocenters. The van der Waals surface area contributed by atoms with E-state index in [2.05, 4.69) is 40.1 Å². The van der Waals surface area contributed by atoms with E-state index >= 15 is 0 Å². The first-order valence-electron chi connectivity index (χ1n) is 8.15. The highest BCUT2D eigenvalue weighted by Gasteiger charge is 2.07. The van der Waals surface area contributed by atoms with Crippen LogP contribution in [-0.2, 0) is 6.42 Å². The van der Waals surface area contributed by atoms with Crippen LogP contribution in [0, 0.1) is 0 Å². The van der Waals surface area contributed by atoms with Gasteiger partial charge in [-0.2, -0.15) is 0 Å².